The molecule has 3 heteroatoms. The number of carbonyl (C=O) groups excluding carboxylic acids is 1. The molecule has 3 nitrogen and oxygen atoms in total. The number of carbonyl (C=O) groups is 1. The minimum absolute atomic E-state index is 0.0124. The number of nitrogens with one attached hydrogen (secondary N) is 1. The lowest BCUT2D eigenvalue weighted by Gasteiger charge is -2.27. The number of hydrogen-bond acceptors (Lipinski definition) is 1. The number of urea groups is 1. The van der Waals surface area contributed by atoms with Gasteiger partial charge in [-0.3, -0.25) is 0 Å². The molecule has 1 rings (SSSR count). The van der Waals surface area contributed by atoms with Crippen molar-refractivity contribution in [2.75, 3.05) is 13.6 Å². The normalized spacial score (nSPS) is 11.9. The van der Waals surface area contributed by atoms with Gasteiger partial charge in [-0.1, -0.05) is 57.0 Å². The maximum atomic E-state index is 12.0. The predicted octanol–water partition coefficient (Wildman–Crippen LogP) is 3.65. The zero-order valence-corrected chi connectivity index (χ0v) is 12.4. The third-order valence-electron chi connectivity index (χ3n) is 3.47. The number of nitrogens with zero attached hydrogens (tertiary/aromatic N) is 1. The van der Waals surface area contributed by atoms with Gasteiger partial charge >= 0.3 is 6.03 Å². The molecule has 2 amide bonds. The quantitative estimate of drug-likeness (QED) is 0.799. The predicted molar refractivity (Wildman–Crippen MR) is 80.0 cm³/mol. The molecule has 106 valence electrons. The molecule has 1 aromatic carbocycles. The maximum absolute atomic E-state index is 12.0. The van der Waals surface area contributed by atoms with Crippen LogP contribution in [0.15, 0.2) is 30.3 Å². The van der Waals surface area contributed by atoms with E-state index >= 15 is 0 Å². The highest BCUT2D eigenvalue weighted by atomic mass is 16.2. The Hall–Kier alpha value is -1.51. The Morgan fingerprint density at radius 1 is 1.26 bits per heavy atom. The molecule has 0 aromatic heterocycles. The second kappa shape index (κ2) is 8.57. The summed E-state index contributed by atoms with van der Waals surface area (Å²) >= 11 is 0. The Kier molecular flexibility index (Phi) is 7.01. The minimum atomic E-state index is 0.0124. The van der Waals surface area contributed by atoms with Crippen LogP contribution in [0.1, 0.15) is 38.7 Å². The summed E-state index contributed by atoms with van der Waals surface area (Å²) in [7, 11) is 1.70. The lowest BCUT2D eigenvalue weighted by molar-refractivity contribution is 0.183. The number of rotatable bonds is 7. The molecule has 0 bridgehead atoms. The lowest BCUT2D eigenvalue weighted by Crippen LogP contribution is -2.40. The van der Waals surface area contributed by atoms with Gasteiger partial charge in [0.2, 0.25) is 0 Å². The van der Waals surface area contributed by atoms with Gasteiger partial charge in [0.1, 0.15) is 0 Å². The van der Waals surface area contributed by atoms with Crippen LogP contribution in [0.25, 0.3) is 0 Å². The fourth-order valence-electron chi connectivity index (χ4n) is 2.33. The third-order valence-corrected chi connectivity index (χ3v) is 3.47. The Balaban J connectivity index is 2.69. The zero-order chi connectivity index (χ0) is 14.1. The molecule has 1 N–H and O–H groups in total. The Morgan fingerprint density at radius 2 is 1.95 bits per heavy atom. The summed E-state index contributed by atoms with van der Waals surface area (Å²) in [6.07, 6.45) is 3.47. The Labute approximate surface area is 117 Å². The van der Waals surface area contributed by atoms with Crippen molar-refractivity contribution in [1.29, 1.82) is 0 Å². The van der Waals surface area contributed by atoms with E-state index in [9.17, 15) is 4.79 Å². The van der Waals surface area contributed by atoms with Crippen molar-refractivity contribution in [3.63, 3.8) is 0 Å². The smallest absolute Gasteiger partial charge is 0.317 e. The first-order chi connectivity index (χ1) is 9.21. The highest BCUT2D eigenvalue weighted by Crippen LogP contribution is 2.15. The Morgan fingerprint density at radius 3 is 2.47 bits per heavy atom. The first-order valence-electron chi connectivity index (χ1n) is 7.21. The van der Waals surface area contributed by atoms with Crippen molar-refractivity contribution >= 4 is 6.03 Å². The van der Waals surface area contributed by atoms with Gasteiger partial charge in [0.25, 0.3) is 0 Å². The summed E-state index contributed by atoms with van der Waals surface area (Å²) in [6.45, 7) is 5.91. The molecule has 0 aliphatic heterocycles. The summed E-state index contributed by atoms with van der Waals surface area (Å²) < 4.78 is 0. The van der Waals surface area contributed by atoms with Gasteiger partial charge in [-0.05, 0) is 17.9 Å². The van der Waals surface area contributed by atoms with E-state index in [-0.39, 0.29) is 6.03 Å². The molecule has 0 unspecified atom stereocenters. The van der Waals surface area contributed by atoms with E-state index in [1.165, 1.54) is 18.4 Å². The van der Waals surface area contributed by atoms with Crippen LogP contribution in [0.5, 0.6) is 0 Å². The molecule has 0 aliphatic rings. The van der Waals surface area contributed by atoms with Crippen LogP contribution in [-0.2, 0) is 6.54 Å². The molecular formula is C16H26N2O. The van der Waals surface area contributed by atoms with E-state index in [4.69, 9.17) is 0 Å². The van der Waals surface area contributed by atoms with Gasteiger partial charge < -0.3 is 10.2 Å². The maximum Gasteiger partial charge on any atom is 0.317 e. The van der Waals surface area contributed by atoms with Gasteiger partial charge in [-0.25, -0.2) is 4.79 Å². The molecule has 0 spiro atoms. The molecular weight excluding hydrogens is 236 g/mol. The second-order valence-electron chi connectivity index (χ2n) is 4.98. The van der Waals surface area contributed by atoms with Crippen molar-refractivity contribution in [3.8, 4) is 0 Å². The van der Waals surface area contributed by atoms with Crippen molar-refractivity contribution in [2.45, 2.75) is 39.7 Å². The average Bonchev–Trinajstić information content (AvgIpc) is 2.46. The molecule has 19 heavy (non-hydrogen) atoms. The van der Waals surface area contributed by atoms with Crippen LogP contribution in [0.4, 0.5) is 4.79 Å². The van der Waals surface area contributed by atoms with Gasteiger partial charge in [0.15, 0.2) is 0 Å². The van der Waals surface area contributed by atoms with Crippen molar-refractivity contribution < 1.29 is 4.79 Å². The van der Waals surface area contributed by atoms with Crippen LogP contribution in [-0.4, -0.2) is 24.5 Å². The number of benzene rings is 1. The third kappa shape index (κ3) is 5.33. The highest BCUT2D eigenvalue weighted by molar-refractivity contribution is 5.73. The van der Waals surface area contributed by atoms with E-state index in [1.807, 2.05) is 23.1 Å². The highest BCUT2D eigenvalue weighted by Gasteiger charge is 2.16. The second-order valence-corrected chi connectivity index (χ2v) is 4.98. The summed E-state index contributed by atoms with van der Waals surface area (Å²) in [4.78, 5) is 13.9. The number of hydrogen-bond donors (Lipinski definition) is 1. The van der Waals surface area contributed by atoms with E-state index in [1.54, 1.807) is 7.05 Å². The van der Waals surface area contributed by atoms with Crippen molar-refractivity contribution in [3.05, 3.63) is 35.9 Å². The van der Waals surface area contributed by atoms with E-state index < -0.39 is 0 Å². The molecule has 0 fully saturated rings. The lowest BCUT2D eigenvalue weighted by atomic mass is 10.00. The molecule has 0 radical (unpaired) electrons. The van der Waals surface area contributed by atoms with E-state index in [2.05, 4.69) is 31.3 Å². The van der Waals surface area contributed by atoms with Crippen LogP contribution >= 0.6 is 0 Å². The summed E-state index contributed by atoms with van der Waals surface area (Å²) in [5, 5.41) is 2.74. The summed E-state index contributed by atoms with van der Waals surface area (Å²) in [5.74, 6) is 0.589. The molecule has 1 aromatic rings. The fraction of sp³-hybridized carbons (Fsp3) is 0.562. The summed E-state index contributed by atoms with van der Waals surface area (Å²) in [5.41, 5.74) is 1.18. The number of amides is 2. The van der Waals surface area contributed by atoms with Crippen molar-refractivity contribution in [1.82, 2.24) is 10.2 Å². The molecule has 1 atom stereocenters. The van der Waals surface area contributed by atoms with Crippen LogP contribution in [0, 0.1) is 5.92 Å². The van der Waals surface area contributed by atoms with E-state index in [0.29, 0.717) is 12.5 Å². The molecule has 0 saturated heterocycles. The first-order valence-corrected chi connectivity index (χ1v) is 7.21. The largest absolute Gasteiger partial charge is 0.341 e. The van der Waals surface area contributed by atoms with Crippen molar-refractivity contribution in [2.24, 2.45) is 5.92 Å². The van der Waals surface area contributed by atoms with E-state index in [0.717, 1.165) is 13.0 Å². The summed E-state index contributed by atoms with van der Waals surface area (Å²) in [6, 6.07) is 10.2. The monoisotopic (exact) mass is 262 g/mol. The average molecular weight is 262 g/mol. The van der Waals surface area contributed by atoms with Crippen LogP contribution in [0.3, 0.4) is 0 Å². The van der Waals surface area contributed by atoms with Gasteiger partial charge in [-0.2, -0.15) is 0 Å². The molecule has 0 heterocycles. The fourth-order valence-corrected chi connectivity index (χ4v) is 2.33. The van der Waals surface area contributed by atoms with Gasteiger partial charge in [-0.15, -0.1) is 0 Å². The molecule has 0 saturated carbocycles. The van der Waals surface area contributed by atoms with Gasteiger partial charge in [0.05, 0.1) is 0 Å². The minimum Gasteiger partial charge on any atom is -0.341 e. The van der Waals surface area contributed by atoms with Crippen LogP contribution < -0.4 is 5.32 Å². The topological polar surface area (TPSA) is 32.3 Å². The Bertz CT molecular complexity index is 364. The zero-order valence-electron chi connectivity index (χ0n) is 12.4. The first kappa shape index (κ1) is 15.5. The standard InChI is InChI=1S/C16H26N2O/c1-4-9-14(5-2)12-18(16(19)17-3)13-15-10-7-6-8-11-15/h6-8,10-11,14H,4-5,9,12-13H2,1-3H3,(H,17,19)/t14-/m0/s1. The SMILES string of the molecule is CCC[C@H](CC)CN(Cc1ccccc1)C(=O)NC. The van der Waals surface area contributed by atoms with Gasteiger partial charge in [0, 0.05) is 20.1 Å². The molecule has 0 aliphatic carbocycles. The van der Waals surface area contributed by atoms with Crippen LogP contribution in [0.2, 0.25) is 0 Å².